The molecule has 0 heterocycles. The van der Waals surface area contributed by atoms with Crippen LogP contribution in [0.25, 0.3) is 0 Å². The highest BCUT2D eigenvalue weighted by atomic mass is 16.3. The number of rotatable bonds is 1. The molecule has 0 saturated heterocycles. The van der Waals surface area contributed by atoms with Crippen LogP contribution in [-0.2, 0) is 4.79 Å². The fourth-order valence-corrected chi connectivity index (χ4v) is 6.07. The van der Waals surface area contributed by atoms with Gasteiger partial charge >= 0.3 is 0 Å². The third-order valence-electron chi connectivity index (χ3n) is 7.12. The monoisotopic (exact) mass is 286 g/mol. The second-order valence-electron chi connectivity index (χ2n) is 7.75. The van der Waals surface area contributed by atoms with Crippen LogP contribution in [0.1, 0.15) is 58.3 Å². The molecule has 0 aliphatic heterocycles. The summed E-state index contributed by atoms with van der Waals surface area (Å²) < 4.78 is 0. The summed E-state index contributed by atoms with van der Waals surface area (Å²) in [4.78, 5) is 11.8. The molecule has 4 unspecified atom stereocenters. The summed E-state index contributed by atoms with van der Waals surface area (Å²) in [6.45, 7) is 2.57. The topological polar surface area (TPSA) is 37.3 Å². The Hall–Kier alpha value is -0.890. The molecule has 1 N–H and O–H groups in total. The lowest BCUT2D eigenvalue weighted by atomic mass is 9.50. The van der Waals surface area contributed by atoms with E-state index < -0.39 is 0 Å². The van der Waals surface area contributed by atoms with Crippen LogP contribution < -0.4 is 0 Å². The smallest absolute Gasteiger partial charge is 0.155 e. The van der Waals surface area contributed by atoms with Crippen molar-refractivity contribution in [1.82, 2.24) is 0 Å². The molecule has 0 bridgehead atoms. The van der Waals surface area contributed by atoms with Crippen molar-refractivity contribution in [3.8, 4) is 0 Å². The van der Waals surface area contributed by atoms with E-state index in [2.05, 4.69) is 6.92 Å². The maximum atomic E-state index is 11.8. The average molecular weight is 286 g/mol. The van der Waals surface area contributed by atoms with E-state index >= 15 is 0 Å². The van der Waals surface area contributed by atoms with E-state index in [9.17, 15) is 9.90 Å². The number of hydrogen-bond donors (Lipinski definition) is 1. The summed E-state index contributed by atoms with van der Waals surface area (Å²) >= 11 is 0. The molecule has 0 spiro atoms. The molecule has 4 rings (SSSR count). The van der Waals surface area contributed by atoms with Crippen molar-refractivity contribution < 1.29 is 9.90 Å². The van der Waals surface area contributed by atoms with Gasteiger partial charge in [0.05, 0.1) is 6.61 Å². The van der Waals surface area contributed by atoms with E-state index in [0.29, 0.717) is 12.3 Å². The summed E-state index contributed by atoms with van der Waals surface area (Å²) in [5, 5.41) is 10.2. The van der Waals surface area contributed by atoms with Crippen molar-refractivity contribution in [2.75, 3.05) is 6.61 Å². The van der Waals surface area contributed by atoms with Crippen molar-refractivity contribution in [2.45, 2.75) is 58.3 Å². The molecule has 4 aliphatic carbocycles. The first-order valence-electron chi connectivity index (χ1n) is 8.69. The fourth-order valence-electron chi connectivity index (χ4n) is 6.07. The average Bonchev–Trinajstić information content (AvgIpc) is 2.88. The van der Waals surface area contributed by atoms with Gasteiger partial charge in [0.2, 0.25) is 0 Å². The molecule has 4 atom stereocenters. The minimum atomic E-state index is -0.0567. The lowest BCUT2D eigenvalue weighted by molar-refractivity contribution is -0.117. The quantitative estimate of drug-likeness (QED) is 0.744. The van der Waals surface area contributed by atoms with E-state index in [0.717, 1.165) is 24.7 Å². The number of ketones is 1. The first kappa shape index (κ1) is 13.8. The van der Waals surface area contributed by atoms with Gasteiger partial charge in [-0.1, -0.05) is 16.7 Å². The van der Waals surface area contributed by atoms with Gasteiger partial charge in [-0.3, -0.25) is 4.79 Å². The molecule has 2 heteroatoms. The van der Waals surface area contributed by atoms with Gasteiger partial charge in [0.15, 0.2) is 5.78 Å². The maximum absolute atomic E-state index is 11.8. The fraction of sp³-hybridized carbons (Fsp3) is 0.737. The van der Waals surface area contributed by atoms with Crippen LogP contribution in [0.2, 0.25) is 0 Å². The van der Waals surface area contributed by atoms with Gasteiger partial charge in [-0.2, -0.15) is 0 Å². The normalized spacial score (nSPS) is 42.3. The Morgan fingerprint density at radius 1 is 1.19 bits per heavy atom. The Kier molecular flexibility index (Phi) is 3.15. The molecule has 0 amide bonds. The van der Waals surface area contributed by atoms with Gasteiger partial charge in [-0.15, -0.1) is 0 Å². The molecular formula is C19H26O2. The van der Waals surface area contributed by atoms with Crippen LogP contribution in [0, 0.1) is 23.2 Å². The predicted octanol–water partition coefficient (Wildman–Crippen LogP) is 3.80. The van der Waals surface area contributed by atoms with Gasteiger partial charge in [0.1, 0.15) is 0 Å². The van der Waals surface area contributed by atoms with E-state index in [1.807, 2.05) is 6.08 Å². The number of hydrogen-bond acceptors (Lipinski definition) is 2. The van der Waals surface area contributed by atoms with Crippen molar-refractivity contribution in [3.63, 3.8) is 0 Å². The standard InChI is InChI=1S/C19H26O2/c1-12-2-4-16-15(12)6-7-18-17(16)5-3-13-10-14(21)8-9-19(13,18)11-20/h10,16-18,20H,2-9,11H2,1H3. The van der Waals surface area contributed by atoms with Crippen LogP contribution in [0.4, 0.5) is 0 Å². The Morgan fingerprint density at radius 3 is 2.86 bits per heavy atom. The maximum Gasteiger partial charge on any atom is 0.155 e. The molecule has 114 valence electrons. The Bertz CT molecular complexity index is 542. The van der Waals surface area contributed by atoms with E-state index in [1.165, 1.54) is 37.7 Å². The van der Waals surface area contributed by atoms with Crippen LogP contribution in [0.3, 0.4) is 0 Å². The van der Waals surface area contributed by atoms with E-state index in [-0.39, 0.29) is 17.8 Å². The van der Waals surface area contributed by atoms with Gasteiger partial charge in [-0.05, 0) is 75.7 Å². The van der Waals surface area contributed by atoms with Gasteiger partial charge < -0.3 is 5.11 Å². The summed E-state index contributed by atoms with van der Waals surface area (Å²) in [7, 11) is 0. The molecule has 0 aromatic heterocycles. The number of fused-ring (bicyclic) bond motifs is 5. The van der Waals surface area contributed by atoms with Gasteiger partial charge in [0, 0.05) is 11.8 Å². The molecule has 21 heavy (non-hydrogen) atoms. The van der Waals surface area contributed by atoms with Crippen molar-refractivity contribution >= 4 is 5.78 Å². The zero-order valence-electron chi connectivity index (χ0n) is 13.0. The first-order valence-corrected chi connectivity index (χ1v) is 8.69. The van der Waals surface area contributed by atoms with Crippen LogP contribution in [0.5, 0.6) is 0 Å². The summed E-state index contributed by atoms with van der Waals surface area (Å²) in [5.41, 5.74) is 4.63. The van der Waals surface area contributed by atoms with Crippen molar-refractivity contribution in [1.29, 1.82) is 0 Å². The SMILES string of the molecule is CC1=C2CCC3C(CCC4=CC(=O)CCC43CO)C2CC1. The lowest BCUT2D eigenvalue weighted by Gasteiger charge is -2.54. The predicted molar refractivity (Wildman–Crippen MR) is 82.7 cm³/mol. The summed E-state index contributed by atoms with van der Waals surface area (Å²) in [5.74, 6) is 2.42. The molecule has 0 aromatic carbocycles. The Balaban J connectivity index is 1.72. The molecule has 0 aromatic rings. The summed E-state index contributed by atoms with van der Waals surface area (Å²) in [6.07, 6.45) is 10.8. The third kappa shape index (κ3) is 1.84. The number of aliphatic hydroxyl groups excluding tert-OH is 1. The first-order chi connectivity index (χ1) is 10.2. The number of aliphatic hydroxyl groups is 1. The molecular weight excluding hydrogens is 260 g/mol. The minimum Gasteiger partial charge on any atom is -0.395 e. The molecule has 2 fully saturated rings. The van der Waals surface area contributed by atoms with Crippen molar-refractivity contribution in [2.24, 2.45) is 23.2 Å². The zero-order valence-corrected chi connectivity index (χ0v) is 13.0. The third-order valence-corrected chi connectivity index (χ3v) is 7.12. The van der Waals surface area contributed by atoms with E-state index in [1.54, 1.807) is 11.1 Å². The molecule has 2 nitrogen and oxygen atoms in total. The highest BCUT2D eigenvalue weighted by Gasteiger charge is 2.53. The zero-order chi connectivity index (χ0) is 14.6. The number of carbonyl (C=O) groups is 1. The van der Waals surface area contributed by atoms with Crippen molar-refractivity contribution in [3.05, 3.63) is 22.8 Å². The Labute approximate surface area is 127 Å². The van der Waals surface area contributed by atoms with Crippen LogP contribution >= 0.6 is 0 Å². The lowest BCUT2D eigenvalue weighted by Crippen LogP contribution is -2.49. The Morgan fingerprint density at radius 2 is 2.05 bits per heavy atom. The van der Waals surface area contributed by atoms with Crippen LogP contribution in [0.15, 0.2) is 22.8 Å². The largest absolute Gasteiger partial charge is 0.395 e. The van der Waals surface area contributed by atoms with E-state index in [4.69, 9.17) is 0 Å². The minimum absolute atomic E-state index is 0.0567. The highest BCUT2D eigenvalue weighted by Crippen LogP contribution is 2.61. The second-order valence-corrected chi connectivity index (χ2v) is 7.75. The number of carbonyl (C=O) groups excluding carboxylic acids is 1. The highest BCUT2D eigenvalue weighted by molar-refractivity contribution is 5.91. The van der Waals surface area contributed by atoms with Gasteiger partial charge in [0.25, 0.3) is 0 Å². The summed E-state index contributed by atoms with van der Waals surface area (Å²) in [6, 6.07) is 0. The molecule has 4 aliphatic rings. The van der Waals surface area contributed by atoms with Gasteiger partial charge in [-0.25, -0.2) is 0 Å². The molecule has 2 saturated carbocycles. The van der Waals surface area contributed by atoms with Crippen LogP contribution in [-0.4, -0.2) is 17.5 Å². The molecule has 0 radical (unpaired) electrons. The second kappa shape index (κ2) is 4.81. The number of allylic oxidation sites excluding steroid dienone is 3.